The van der Waals surface area contributed by atoms with Crippen LogP contribution in [-0.4, -0.2) is 19.5 Å². The van der Waals surface area contributed by atoms with Gasteiger partial charge in [0.05, 0.1) is 6.10 Å². The summed E-state index contributed by atoms with van der Waals surface area (Å²) in [6.45, 7) is 12.8. The Kier molecular flexibility index (Phi) is 6.38. The van der Waals surface area contributed by atoms with E-state index < -0.39 is 0 Å². The van der Waals surface area contributed by atoms with Crippen LogP contribution in [0, 0.1) is 17.8 Å². The van der Waals surface area contributed by atoms with E-state index in [9.17, 15) is 0 Å². The zero-order chi connectivity index (χ0) is 11.3. The first-order chi connectivity index (χ1) is 6.57. The summed E-state index contributed by atoms with van der Waals surface area (Å²) in [5.74, 6) is 1.81. The van der Waals surface area contributed by atoms with Crippen LogP contribution in [0.5, 0.6) is 0 Å². The predicted octanol–water partition coefficient (Wildman–Crippen LogP) is 3.31. The summed E-state index contributed by atoms with van der Waals surface area (Å²) < 4.78 is 11.0. The van der Waals surface area contributed by atoms with Crippen molar-refractivity contribution in [1.29, 1.82) is 0 Å². The molecule has 0 radical (unpaired) electrons. The van der Waals surface area contributed by atoms with Gasteiger partial charge in [-0.15, -0.1) is 0 Å². The van der Waals surface area contributed by atoms with E-state index in [1.165, 1.54) is 0 Å². The van der Waals surface area contributed by atoms with Crippen LogP contribution in [0.3, 0.4) is 0 Å². The third-order valence-corrected chi connectivity index (χ3v) is 3.41. The van der Waals surface area contributed by atoms with Crippen molar-refractivity contribution in [2.24, 2.45) is 17.8 Å². The van der Waals surface area contributed by atoms with Crippen molar-refractivity contribution in [3.8, 4) is 0 Å². The highest BCUT2D eigenvalue weighted by molar-refractivity contribution is 4.80. The smallest absolute Gasteiger partial charge is 0.160 e. The molecule has 5 atom stereocenters. The van der Waals surface area contributed by atoms with Crippen molar-refractivity contribution in [1.82, 2.24) is 0 Å². The molecule has 1 saturated heterocycles. The Morgan fingerprint density at radius 3 is 1.79 bits per heavy atom. The number of methoxy groups -OCH3 is 1. The van der Waals surface area contributed by atoms with Crippen LogP contribution in [0.15, 0.2) is 0 Å². The Balaban J connectivity index is 0.000000791. The Hall–Kier alpha value is -0.0800. The van der Waals surface area contributed by atoms with Crippen LogP contribution in [0.25, 0.3) is 0 Å². The minimum absolute atomic E-state index is 0.00815. The van der Waals surface area contributed by atoms with Gasteiger partial charge in [-0.25, -0.2) is 0 Å². The first-order valence-electron chi connectivity index (χ1n) is 5.76. The van der Waals surface area contributed by atoms with Crippen molar-refractivity contribution in [3.05, 3.63) is 0 Å². The summed E-state index contributed by atoms with van der Waals surface area (Å²) in [5.41, 5.74) is 0. The molecule has 1 aliphatic rings. The molecule has 0 aromatic rings. The number of hydrogen-bond acceptors (Lipinski definition) is 2. The van der Waals surface area contributed by atoms with E-state index in [1.807, 2.05) is 13.8 Å². The topological polar surface area (TPSA) is 18.5 Å². The molecule has 2 heteroatoms. The molecule has 0 spiro atoms. The number of ether oxygens (including phenoxy) is 2. The second kappa shape index (κ2) is 6.41. The van der Waals surface area contributed by atoms with Crippen LogP contribution in [-0.2, 0) is 9.47 Å². The van der Waals surface area contributed by atoms with E-state index in [-0.39, 0.29) is 6.29 Å². The maximum absolute atomic E-state index is 5.71. The van der Waals surface area contributed by atoms with Gasteiger partial charge in [-0.2, -0.15) is 0 Å². The van der Waals surface area contributed by atoms with E-state index in [4.69, 9.17) is 9.47 Å². The Bertz CT molecular complexity index is 143. The van der Waals surface area contributed by atoms with Crippen molar-refractivity contribution in [2.75, 3.05) is 7.11 Å². The molecule has 0 aromatic heterocycles. The summed E-state index contributed by atoms with van der Waals surface area (Å²) in [6, 6.07) is 0. The molecular weight excluding hydrogens is 176 g/mol. The average Bonchev–Trinajstić information content (AvgIpc) is 2.23. The molecule has 0 bridgehead atoms. The Labute approximate surface area is 89.0 Å². The average molecular weight is 202 g/mol. The maximum atomic E-state index is 5.71. The molecule has 1 heterocycles. The first kappa shape index (κ1) is 13.9. The number of hydrogen-bond donors (Lipinski definition) is 0. The molecule has 86 valence electrons. The standard InChI is InChI=1S/C10H20O2.C2H6/c1-6-7(2)9(4)12-10(11-5)8(6)3;1-2/h6-10H,1-5H3;1-2H3. The second-order valence-electron chi connectivity index (χ2n) is 4.02. The summed E-state index contributed by atoms with van der Waals surface area (Å²) in [7, 11) is 1.72. The van der Waals surface area contributed by atoms with Crippen LogP contribution in [0.1, 0.15) is 41.5 Å². The van der Waals surface area contributed by atoms with E-state index in [2.05, 4.69) is 27.7 Å². The molecule has 0 aliphatic carbocycles. The van der Waals surface area contributed by atoms with Gasteiger partial charge in [0.15, 0.2) is 6.29 Å². The lowest BCUT2D eigenvalue weighted by Crippen LogP contribution is -2.44. The van der Waals surface area contributed by atoms with Gasteiger partial charge in [-0.05, 0) is 18.8 Å². The first-order valence-corrected chi connectivity index (χ1v) is 5.76. The predicted molar refractivity (Wildman–Crippen MR) is 60.2 cm³/mol. The highest BCUT2D eigenvalue weighted by Gasteiger charge is 2.36. The van der Waals surface area contributed by atoms with Gasteiger partial charge in [0.1, 0.15) is 0 Å². The maximum Gasteiger partial charge on any atom is 0.160 e. The lowest BCUT2D eigenvalue weighted by Gasteiger charge is -2.41. The highest BCUT2D eigenvalue weighted by Crippen LogP contribution is 2.34. The quantitative estimate of drug-likeness (QED) is 0.649. The molecule has 14 heavy (non-hydrogen) atoms. The summed E-state index contributed by atoms with van der Waals surface area (Å²) >= 11 is 0. The normalized spacial score (nSPS) is 42.6. The molecular formula is C12H26O2. The zero-order valence-electron chi connectivity index (χ0n) is 10.7. The molecule has 0 saturated carbocycles. The summed E-state index contributed by atoms with van der Waals surface area (Å²) in [6.07, 6.45) is 0.312. The second-order valence-corrected chi connectivity index (χ2v) is 4.02. The molecule has 1 fully saturated rings. The van der Waals surface area contributed by atoms with E-state index in [0.717, 1.165) is 0 Å². The van der Waals surface area contributed by atoms with E-state index in [0.29, 0.717) is 23.9 Å². The Morgan fingerprint density at radius 2 is 1.36 bits per heavy atom. The van der Waals surface area contributed by atoms with Crippen LogP contribution in [0.2, 0.25) is 0 Å². The SMILES string of the molecule is CC.COC1OC(C)C(C)C(C)C1C. The van der Waals surface area contributed by atoms with Crippen molar-refractivity contribution < 1.29 is 9.47 Å². The fraction of sp³-hybridized carbons (Fsp3) is 1.00. The van der Waals surface area contributed by atoms with Crippen molar-refractivity contribution in [3.63, 3.8) is 0 Å². The minimum Gasteiger partial charge on any atom is -0.356 e. The highest BCUT2D eigenvalue weighted by atomic mass is 16.7. The van der Waals surface area contributed by atoms with Gasteiger partial charge in [0.2, 0.25) is 0 Å². The lowest BCUT2D eigenvalue weighted by molar-refractivity contribution is -0.232. The van der Waals surface area contributed by atoms with Gasteiger partial charge in [0, 0.05) is 13.0 Å². The van der Waals surface area contributed by atoms with Crippen LogP contribution >= 0.6 is 0 Å². The van der Waals surface area contributed by atoms with Crippen LogP contribution < -0.4 is 0 Å². The fourth-order valence-electron chi connectivity index (χ4n) is 1.88. The molecule has 5 unspecified atom stereocenters. The molecule has 0 N–H and O–H groups in total. The summed E-state index contributed by atoms with van der Waals surface area (Å²) in [4.78, 5) is 0. The third-order valence-electron chi connectivity index (χ3n) is 3.41. The molecule has 1 rings (SSSR count). The van der Waals surface area contributed by atoms with Gasteiger partial charge in [-0.1, -0.05) is 34.6 Å². The van der Waals surface area contributed by atoms with Crippen LogP contribution in [0.4, 0.5) is 0 Å². The number of rotatable bonds is 1. The molecule has 2 nitrogen and oxygen atoms in total. The lowest BCUT2D eigenvalue weighted by atomic mass is 9.79. The van der Waals surface area contributed by atoms with Crippen molar-refractivity contribution in [2.45, 2.75) is 53.9 Å². The molecule has 0 amide bonds. The fourth-order valence-corrected chi connectivity index (χ4v) is 1.88. The summed E-state index contributed by atoms with van der Waals surface area (Å²) in [5, 5.41) is 0. The van der Waals surface area contributed by atoms with Crippen molar-refractivity contribution >= 4 is 0 Å². The molecule has 1 aliphatic heterocycles. The Morgan fingerprint density at radius 1 is 0.857 bits per heavy atom. The van der Waals surface area contributed by atoms with Gasteiger partial charge < -0.3 is 9.47 Å². The van der Waals surface area contributed by atoms with E-state index >= 15 is 0 Å². The minimum atomic E-state index is -0.00815. The van der Waals surface area contributed by atoms with Gasteiger partial charge in [0.25, 0.3) is 0 Å². The monoisotopic (exact) mass is 202 g/mol. The zero-order valence-corrected chi connectivity index (χ0v) is 10.7. The molecule has 0 aromatic carbocycles. The van der Waals surface area contributed by atoms with Gasteiger partial charge in [-0.3, -0.25) is 0 Å². The van der Waals surface area contributed by atoms with E-state index in [1.54, 1.807) is 7.11 Å². The third kappa shape index (κ3) is 2.96. The van der Waals surface area contributed by atoms with Gasteiger partial charge >= 0.3 is 0 Å². The largest absolute Gasteiger partial charge is 0.356 e.